The molecule has 0 atom stereocenters. The van der Waals surface area contributed by atoms with E-state index in [9.17, 15) is 0 Å². The summed E-state index contributed by atoms with van der Waals surface area (Å²) in [5.41, 5.74) is 5.77. The summed E-state index contributed by atoms with van der Waals surface area (Å²) in [6.07, 6.45) is 9.47. The fraction of sp³-hybridized carbons (Fsp3) is 0.273. The number of hydrogen-bond acceptors (Lipinski definition) is 4. The maximum atomic E-state index is 4.71. The van der Waals surface area contributed by atoms with Crippen LogP contribution in [0.25, 0.3) is 22.0 Å². The van der Waals surface area contributed by atoms with Crippen molar-refractivity contribution in [1.82, 2.24) is 9.97 Å². The number of nitrogens with zero attached hydrogens (tertiary/aromatic N) is 4. The van der Waals surface area contributed by atoms with Gasteiger partial charge in [-0.1, -0.05) is 25.1 Å². The predicted molar refractivity (Wildman–Crippen MR) is 116 cm³/mol. The van der Waals surface area contributed by atoms with Crippen molar-refractivity contribution in [2.24, 2.45) is 0 Å². The highest BCUT2D eigenvalue weighted by Crippen LogP contribution is 2.35. The number of quaternary nitrogens is 1. The van der Waals surface area contributed by atoms with Gasteiger partial charge in [0, 0.05) is 18.0 Å². The first-order chi connectivity index (χ1) is 12.9. The van der Waals surface area contributed by atoms with Crippen LogP contribution in [0, 0.1) is 0 Å². The van der Waals surface area contributed by atoms with Gasteiger partial charge in [0.25, 0.3) is 0 Å². The number of thiazole rings is 1. The molecule has 0 unspecified atom stereocenters. The van der Waals surface area contributed by atoms with Crippen LogP contribution in [0.15, 0.2) is 48.8 Å². The topological polar surface area (TPSA) is 29.0 Å². The second-order valence-corrected chi connectivity index (χ2v) is 8.97. The summed E-state index contributed by atoms with van der Waals surface area (Å²) in [5.74, 6) is 0. The van der Waals surface area contributed by atoms with Crippen LogP contribution >= 0.6 is 11.3 Å². The molecular weight excluding hydrogens is 352 g/mol. The molecule has 1 aliphatic heterocycles. The zero-order chi connectivity index (χ0) is 19.0. The van der Waals surface area contributed by atoms with E-state index in [0.717, 1.165) is 32.9 Å². The number of pyridine rings is 1. The zero-order valence-electron chi connectivity index (χ0n) is 16.3. The lowest BCUT2D eigenvalue weighted by Gasteiger charge is -2.34. The van der Waals surface area contributed by atoms with Gasteiger partial charge in [-0.3, -0.25) is 0 Å². The van der Waals surface area contributed by atoms with Crippen molar-refractivity contribution in [3.63, 3.8) is 0 Å². The summed E-state index contributed by atoms with van der Waals surface area (Å²) in [4.78, 5) is 11.5. The highest BCUT2D eigenvalue weighted by atomic mass is 32.1. The number of para-hydroxylation sites is 1. The maximum Gasteiger partial charge on any atom is 0.170 e. The van der Waals surface area contributed by atoms with Crippen LogP contribution in [0.1, 0.15) is 23.1 Å². The third kappa shape index (κ3) is 3.80. The molecule has 3 heterocycles. The minimum atomic E-state index is 0.837. The monoisotopic (exact) mass is 377 g/mol. The van der Waals surface area contributed by atoms with Crippen LogP contribution in [-0.2, 0) is 6.42 Å². The van der Waals surface area contributed by atoms with Crippen molar-refractivity contribution < 1.29 is 4.48 Å². The van der Waals surface area contributed by atoms with E-state index in [-0.39, 0.29) is 0 Å². The molecule has 1 aromatic carbocycles. The Morgan fingerprint density at radius 2 is 2.00 bits per heavy atom. The Kier molecular flexibility index (Phi) is 4.58. The molecule has 0 radical (unpaired) electrons. The summed E-state index contributed by atoms with van der Waals surface area (Å²) in [6.45, 7) is 3.07. The van der Waals surface area contributed by atoms with Crippen LogP contribution in [0.2, 0.25) is 0 Å². The van der Waals surface area contributed by atoms with Crippen LogP contribution < -0.4 is 4.90 Å². The van der Waals surface area contributed by atoms with Crippen molar-refractivity contribution in [3.05, 3.63) is 64.9 Å². The fourth-order valence-electron chi connectivity index (χ4n) is 3.28. The number of benzene rings is 1. The highest BCUT2D eigenvalue weighted by molar-refractivity contribution is 7.19. The Morgan fingerprint density at radius 1 is 1.19 bits per heavy atom. The van der Waals surface area contributed by atoms with Gasteiger partial charge in [-0.25, -0.2) is 9.97 Å². The zero-order valence-corrected chi connectivity index (χ0v) is 17.1. The van der Waals surface area contributed by atoms with Crippen molar-refractivity contribution in [1.29, 1.82) is 0 Å². The van der Waals surface area contributed by atoms with Crippen molar-refractivity contribution >= 4 is 39.0 Å². The lowest BCUT2D eigenvalue weighted by molar-refractivity contribution is -0.869. The molecule has 0 bridgehead atoms. The third-order valence-corrected chi connectivity index (χ3v) is 5.48. The number of allylic oxidation sites excluding steroid dienone is 2. The Labute approximate surface area is 164 Å². The molecule has 0 amide bonds. The van der Waals surface area contributed by atoms with Gasteiger partial charge in [0.05, 0.1) is 31.5 Å². The molecule has 27 heavy (non-hydrogen) atoms. The standard InChI is InChI=1S/C22H25N4S/c1-5-16-12-20-22(23-14-16)24-21(27-20)13-17-10-11-25(15-26(2,3)4)19-9-7-6-8-18(17)19/h6-14H,5,15H2,1-4H3/q+1. The van der Waals surface area contributed by atoms with Gasteiger partial charge in [-0.05, 0) is 41.8 Å². The fourth-order valence-corrected chi connectivity index (χ4v) is 4.22. The summed E-state index contributed by atoms with van der Waals surface area (Å²) in [5, 5.41) is 1.00. The molecule has 4 rings (SSSR count). The first-order valence-electron chi connectivity index (χ1n) is 9.25. The van der Waals surface area contributed by atoms with Gasteiger partial charge < -0.3 is 9.38 Å². The van der Waals surface area contributed by atoms with E-state index in [1.807, 2.05) is 6.20 Å². The first-order valence-corrected chi connectivity index (χ1v) is 10.1. The second kappa shape index (κ2) is 6.91. The molecule has 0 aliphatic carbocycles. The molecule has 0 fully saturated rings. The third-order valence-electron chi connectivity index (χ3n) is 4.54. The van der Waals surface area contributed by atoms with Gasteiger partial charge >= 0.3 is 0 Å². The SMILES string of the molecule is CCc1cnc2nc(C=C3C=CN(C[N+](C)(C)C)c4ccccc43)sc2c1. The van der Waals surface area contributed by atoms with Crippen molar-refractivity contribution in [2.45, 2.75) is 13.3 Å². The van der Waals surface area contributed by atoms with E-state index < -0.39 is 0 Å². The van der Waals surface area contributed by atoms with Gasteiger partial charge in [0.2, 0.25) is 0 Å². The number of aryl methyl sites for hydroxylation is 1. The summed E-state index contributed by atoms with van der Waals surface area (Å²) in [6, 6.07) is 10.8. The van der Waals surface area contributed by atoms with Crippen molar-refractivity contribution in [3.8, 4) is 0 Å². The molecule has 5 heteroatoms. The van der Waals surface area contributed by atoms with Crippen LogP contribution in [-0.4, -0.2) is 42.3 Å². The quantitative estimate of drug-likeness (QED) is 0.612. The van der Waals surface area contributed by atoms with Gasteiger partial charge in [0.15, 0.2) is 12.3 Å². The minimum Gasteiger partial charge on any atom is -0.314 e. The van der Waals surface area contributed by atoms with Gasteiger partial charge in [-0.2, -0.15) is 0 Å². The summed E-state index contributed by atoms with van der Waals surface area (Å²) < 4.78 is 2.03. The van der Waals surface area contributed by atoms with E-state index in [1.54, 1.807) is 11.3 Å². The smallest absolute Gasteiger partial charge is 0.170 e. The molecule has 4 nitrogen and oxygen atoms in total. The molecule has 2 aromatic heterocycles. The molecule has 1 aliphatic rings. The lowest BCUT2D eigenvalue weighted by atomic mass is 10.00. The molecule has 0 spiro atoms. The van der Waals surface area contributed by atoms with E-state index in [0.29, 0.717) is 0 Å². The number of aromatic nitrogens is 2. The molecular formula is C22H25N4S+. The second-order valence-electron chi connectivity index (χ2n) is 7.91. The minimum absolute atomic E-state index is 0.837. The summed E-state index contributed by atoms with van der Waals surface area (Å²) in [7, 11) is 6.63. The molecule has 0 N–H and O–H groups in total. The number of anilines is 1. The molecule has 0 saturated carbocycles. The molecule has 0 saturated heterocycles. The van der Waals surface area contributed by atoms with Crippen LogP contribution in [0.5, 0.6) is 0 Å². The van der Waals surface area contributed by atoms with E-state index in [1.165, 1.54) is 22.4 Å². The number of fused-ring (bicyclic) bond motifs is 2. The van der Waals surface area contributed by atoms with Crippen LogP contribution in [0.4, 0.5) is 5.69 Å². The molecule has 138 valence electrons. The van der Waals surface area contributed by atoms with Gasteiger partial charge in [-0.15, -0.1) is 11.3 Å². The average Bonchev–Trinajstić information content (AvgIpc) is 3.04. The Morgan fingerprint density at radius 3 is 2.78 bits per heavy atom. The van der Waals surface area contributed by atoms with E-state index in [2.05, 4.69) is 86.6 Å². The van der Waals surface area contributed by atoms with Gasteiger partial charge in [0.1, 0.15) is 5.01 Å². The van der Waals surface area contributed by atoms with Crippen LogP contribution in [0.3, 0.4) is 0 Å². The first kappa shape index (κ1) is 17.9. The Bertz CT molecular complexity index is 1040. The lowest BCUT2D eigenvalue weighted by Crippen LogP contribution is -2.44. The maximum absolute atomic E-state index is 4.71. The predicted octanol–water partition coefficient (Wildman–Crippen LogP) is 4.79. The molecule has 3 aromatic rings. The Balaban J connectivity index is 1.73. The number of rotatable bonds is 4. The largest absolute Gasteiger partial charge is 0.314 e. The Hall–Kier alpha value is -2.50. The normalized spacial score (nSPS) is 15.6. The van der Waals surface area contributed by atoms with E-state index >= 15 is 0 Å². The number of hydrogen-bond donors (Lipinski definition) is 0. The highest BCUT2D eigenvalue weighted by Gasteiger charge is 2.20. The summed E-state index contributed by atoms with van der Waals surface area (Å²) >= 11 is 1.71. The van der Waals surface area contributed by atoms with Crippen molar-refractivity contribution in [2.75, 3.05) is 32.7 Å². The van der Waals surface area contributed by atoms with E-state index in [4.69, 9.17) is 4.98 Å². The average molecular weight is 378 g/mol.